The minimum Gasteiger partial charge on any atom is -0.339 e. The van der Waals surface area contributed by atoms with Gasteiger partial charge in [0.05, 0.1) is 5.41 Å². The van der Waals surface area contributed by atoms with E-state index in [0.29, 0.717) is 18.2 Å². The highest BCUT2D eigenvalue weighted by Crippen LogP contribution is 2.47. The van der Waals surface area contributed by atoms with Crippen molar-refractivity contribution in [3.63, 3.8) is 0 Å². The van der Waals surface area contributed by atoms with Crippen molar-refractivity contribution in [2.24, 2.45) is 5.92 Å². The summed E-state index contributed by atoms with van der Waals surface area (Å²) in [6.07, 6.45) is 4.09. The van der Waals surface area contributed by atoms with E-state index in [9.17, 15) is 4.39 Å². The molecule has 1 saturated carbocycles. The summed E-state index contributed by atoms with van der Waals surface area (Å²) in [5.74, 6) is 1.79. The van der Waals surface area contributed by atoms with Crippen molar-refractivity contribution in [1.29, 1.82) is 0 Å². The Labute approximate surface area is 122 Å². The molecule has 4 nitrogen and oxygen atoms in total. The van der Waals surface area contributed by atoms with Gasteiger partial charge in [0.15, 0.2) is 5.82 Å². The highest BCUT2D eigenvalue weighted by molar-refractivity contribution is 5.21. The van der Waals surface area contributed by atoms with Gasteiger partial charge in [-0.2, -0.15) is 4.98 Å². The number of hydrogen-bond donors (Lipinski definition) is 1. The van der Waals surface area contributed by atoms with Gasteiger partial charge in [-0.1, -0.05) is 23.7 Å². The highest BCUT2D eigenvalue weighted by atomic mass is 19.1. The van der Waals surface area contributed by atoms with Crippen LogP contribution in [0.2, 0.25) is 0 Å². The molecule has 2 fully saturated rings. The van der Waals surface area contributed by atoms with Gasteiger partial charge in [-0.3, -0.25) is 0 Å². The van der Waals surface area contributed by atoms with Crippen LogP contribution in [0.4, 0.5) is 4.39 Å². The fourth-order valence-electron chi connectivity index (χ4n) is 3.86. The van der Waals surface area contributed by atoms with Crippen molar-refractivity contribution in [2.75, 3.05) is 13.1 Å². The highest BCUT2D eigenvalue weighted by Gasteiger charge is 2.51. The first-order valence-electron chi connectivity index (χ1n) is 7.54. The SMILES string of the molecule is Fc1cccc(Cc2noc([C@@]34CCC[C@@H]3CNC4)n2)c1. The van der Waals surface area contributed by atoms with E-state index in [-0.39, 0.29) is 11.2 Å². The van der Waals surface area contributed by atoms with Crippen molar-refractivity contribution < 1.29 is 8.91 Å². The molecule has 0 radical (unpaired) electrons. The van der Waals surface area contributed by atoms with Crippen LogP contribution < -0.4 is 5.32 Å². The maximum atomic E-state index is 13.2. The molecule has 0 amide bonds. The normalized spacial score (nSPS) is 28.0. The first kappa shape index (κ1) is 13.0. The van der Waals surface area contributed by atoms with Crippen molar-refractivity contribution >= 4 is 0 Å². The molecule has 2 heterocycles. The maximum absolute atomic E-state index is 13.2. The van der Waals surface area contributed by atoms with Crippen LogP contribution in [0.25, 0.3) is 0 Å². The zero-order chi connectivity index (χ0) is 14.3. The molecule has 0 bridgehead atoms. The third-order valence-electron chi connectivity index (χ3n) is 4.93. The fraction of sp³-hybridized carbons (Fsp3) is 0.500. The predicted octanol–water partition coefficient (Wildman–Crippen LogP) is 2.44. The van der Waals surface area contributed by atoms with Crippen molar-refractivity contribution in [2.45, 2.75) is 31.1 Å². The Morgan fingerprint density at radius 1 is 1.43 bits per heavy atom. The summed E-state index contributed by atoms with van der Waals surface area (Å²) in [4.78, 5) is 4.61. The van der Waals surface area contributed by atoms with E-state index in [0.717, 1.165) is 31.0 Å². The summed E-state index contributed by atoms with van der Waals surface area (Å²) in [5, 5.41) is 7.56. The topological polar surface area (TPSA) is 51.0 Å². The summed E-state index contributed by atoms with van der Waals surface area (Å²) in [7, 11) is 0. The van der Waals surface area contributed by atoms with Crippen LogP contribution in [0.15, 0.2) is 28.8 Å². The number of rotatable bonds is 3. The van der Waals surface area contributed by atoms with Gasteiger partial charge < -0.3 is 9.84 Å². The van der Waals surface area contributed by atoms with Gasteiger partial charge in [0, 0.05) is 13.0 Å². The third kappa shape index (κ3) is 2.16. The first-order valence-corrected chi connectivity index (χ1v) is 7.54. The van der Waals surface area contributed by atoms with E-state index in [2.05, 4.69) is 15.5 Å². The predicted molar refractivity (Wildman–Crippen MR) is 75.4 cm³/mol. The summed E-state index contributed by atoms with van der Waals surface area (Å²) in [6, 6.07) is 6.55. The number of nitrogens with one attached hydrogen (secondary N) is 1. The molecule has 1 aliphatic heterocycles. The van der Waals surface area contributed by atoms with Gasteiger partial charge in [0.1, 0.15) is 5.82 Å². The second kappa shape index (κ2) is 4.91. The monoisotopic (exact) mass is 287 g/mol. The van der Waals surface area contributed by atoms with Crippen LogP contribution in [-0.4, -0.2) is 23.2 Å². The Balaban J connectivity index is 1.59. The van der Waals surface area contributed by atoms with Crippen molar-refractivity contribution in [3.8, 4) is 0 Å². The lowest BCUT2D eigenvalue weighted by Gasteiger charge is -2.22. The van der Waals surface area contributed by atoms with E-state index >= 15 is 0 Å². The zero-order valence-corrected chi connectivity index (χ0v) is 11.8. The Morgan fingerprint density at radius 2 is 2.38 bits per heavy atom. The molecule has 5 heteroatoms. The van der Waals surface area contributed by atoms with Gasteiger partial charge in [0.2, 0.25) is 5.89 Å². The smallest absolute Gasteiger partial charge is 0.234 e. The molecule has 1 N–H and O–H groups in total. The number of fused-ring (bicyclic) bond motifs is 1. The Bertz CT molecular complexity index is 644. The minimum absolute atomic E-state index is 0.0349. The lowest BCUT2D eigenvalue weighted by atomic mass is 9.80. The van der Waals surface area contributed by atoms with Gasteiger partial charge in [-0.25, -0.2) is 4.39 Å². The van der Waals surface area contributed by atoms with Crippen LogP contribution in [-0.2, 0) is 11.8 Å². The summed E-state index contributed by atoms with van der Waals surface area (Å²) in [5.41, 5.74) is 0.903. The van der Waals surface area contributed by atoms with E-state index < -0.39 is 0 Å². The van der Waals surface area contributed by atoms with Crippen LogP contribution in [0.3, 0.4) is 0 Å². The van der Waals surface area contributed by atoms with Gasteiger partial charge in [-0.05, 0) is 43.0 Å². The molecule has 2 atom stereocenters. The number of nitrogens with zero attached hydrogens (tertiary/aromatic N) is 2. The maximum Gasteiger partial charge on any atom is 0.234 e. The summed E-state index contributed by atoms with van der Waals surface area (Å²) >= 11 is 0. The van der Waals surface area contributed by atoms with E-state index in [1.165, 1.54) is 25.0 Å². The second-order valence-electron chi connectivity index (χ2n) is 6.20. The first-order chi connectivity index (χ1) is 10.3. The van der Waals surface area contributed by atoms with Crippen LogP contribution in [0.1, 0.15) is 36.5 Å². The lowest BCUT2D eigenvalue weighted by molar-refractivity contribution is 0.264. The van der Waals surface area contributed by atoms with E-state index in [1.807, 2.05) is 6.07 Å². The molecular formula is C16H18FN3O. The standard InChI is InChI=1S/C16H18FN3O/c17-13-5-1-3-11(7-13)8-14-19-15(21-20-14)16-6-2-4-12(16)9-18-10-16/h1,3,5,7,12,18H,2,4,6,8-10H2/t12-,16-/m1/s1. The summed E-state index contributed by atoms with van der Waals surface area (Å²) < 4.78 is 18.8. The Hall–Kier alpha value is -1.75. The Morgan fingerprint density at radius 3 is 3.29 bits per heavy atom. The van der Waals surface area contributed by atoms with E-state index in [4.69, 9.17) is 4.52 Å². The summed E-state index contributed by atoms with van der Waals surface area (Å²) in [6.45, 7) is 1.97. The molecule has 1 aromatic heterocycles. The van der Waals surface area contributed by atoms with E-state index in [1.54, 1.807) is 6.07 Å². The molecule has 110 valence electrons. The zero-order valence-electron chi connectivity index (χ0n) is 11.8. The van der Waals surface area contributed by atoms with Gasteiger partial charge in [-0.15, -0.1) is 0 Å². The third-order valence-corrected chi connectivity index (χ3v) is 4.93. The molecular weight excluding hydrogens is 269 g/mol. The minimum atomic E-state index is -0.231. The molecule has 21 heavy (non-hydrogen) atoms. The number of hydrogen-bond acceptors (Lipinski definition) is 4. The lowest BCUT2D eigenvalue weighted by Crippen LogP contribution is -2.31. The molecule has 4 rings (SSSR count). The number of aromatic nitrogens is 2. The quantitative estimate of drug-likeness (QED) is 0.942. The fourth-order valence-corrected chi connectivity index (χ4v) is 3.86. The van der Waals surface area contributed by atoms with Crippen molar-refractivity contribution in [1.82, 2.24) is 15.5 Å². The van der Waals surface area contributed by atoms with Crippen LogP contribution in [0, 0.1) is 11.7 Å². The second-order valence-corrected chi connectivity index (χ2v) is 6.20. The van der Waals surface area contributed by atoms with Crippen LogP contribution >= 0.6 is 0 Å². The molecule has 0 unspecified atom stereocenters. The average Bonchev–Trinajstić information content (AvgIpc) is 3.12. The molecule has 1 saturated heterocycles. The molecule has 2 aromatic rings. The Kier molecular flexibility index (Phi) is 3.03. The largest absolute Gasteiger partial charge is 0.339 e. The molecule has 0 spiro atoms. The van der Waals surface area contributed by atoms with Crippen molar-refractivity contribution in [3.05, 3.63) is 47.4 Å². The average molecular weight is 287 g/mol. The van der Waals surface area contributed by atoms with Gasteiger partial charge in [0.25, 0.3) is 0 Å². The molecule has 1 aliphatic carbocycles. The number of halogens is 1. The van der Waals surface area contributed by atoms with Gasteiger partial charge >= 0.3 is 0 Å². The number of benzene rings is 1. The van der Waals surface area contributed by atoms with Crippen LogP contribution in [0.5, 0.6) is 0 Å². The molecule has 2 aliphatic rings. The molecule has 1 aromatic carbocycles.